The number of benzene rings is 2. The highest BCUT2D eigenvalue weighted by Gasteiger charge is 2.14. The van der Waals surface area contributed by atoms with Gasteiger partial charge in [0.05, 0.1) is 11.7 Å². The van der Waals surface area contributed by atoms with Crippen LogP contribution < -0.4 is 10.9 Å². The monoisotopic (exact) mass is 427 g/mol. The molecule has 0 bridgehead atoms. The van der Waals surface area contributed by atoms with E-state index in [4.69, 9.17) is 11.6 Å². The quantitative estimate of drug-likeness (QED) is 0.403. The van der Waals surface area contributed by atoms with Crippen molar-refractivity contribution in [1.29, 1.82) is 0 Å². The minimum absolute atomic E-state index is 0.163. The number of nitrogens with zero attached hydrogens (tertiary/aromatic N) is 3. The molecule has 31 heavy (non-hydrogen) atoms. The fourth-order valence-corrected chi connectivity index (χ4v) is 3.87. The molecule has 2 N–H and O–H groups in total. The summed E-state index contributed by atoms with van der Waals surface area (Å²) in [5.74, 6) is 0.434. The normalized spacial score (nSPS) is 12.2. The Labute approximate surface area is 183 Å². The SMILES string of the molecule is C[C@H](Nc1nccc(-c2cncc3ccccc23)n1)c1cc2cc(Cl)ccc2[nH]c1=O. The Bertz CT molecular complexity index is 1480. The number of hydrogen-bond acceptors (Lipinski definition) is 5. The van der Waals surface area contributed by atoms with E-state index in [2.05, 4.69) is 25.3 Å². The van der Waals surface area contributed by atoms with Gasteiger partial charge in [0.1, 0.15) is 0 Å². The lowest BCUT2D eigenvalue weighted by Crippen LogP contribution is -2.20. The third kappa shape index (κ3) is 3.73. The largest absolute Gasteiger partial charge is 0.347 e. The van der Waals surface area contributed by atoms with Gasteiger partial charge in [0.25, 0.3) is 5.56 Å². The maximum atomic E-state index is 12.6. The van der Waals surface area contributed by atoms with Gasteiger partial charge in [-0.3, -0.25) is 9.78 Å². The Balaban J connectivity index is 1.49. The van der Waals surface area contributed by atoms with Gasteiger partial charge >= 0.3 is 0 Å². The van der Waals surface area contributed by atoms with E-state index in [0.29, 0.717) is 16.5 Å². The van der Waals surface area contributed by atoms with Crippen LogP contribution in [0.1, 0.15) is 18.5 Å². The molecule has 0 aliphatic carbocycles. The van der Waals surface area contributed by atoms with E-state index in [1.165, 1.54) is 0 Å². The first-order valence-electron chi connectivity index (χ1n) is 9.84. The molecule has 2 aromatic carbocycles. The lowest BCUT2D eigenvalue weighted by Gasteiger charge is -2.15. The molecule has 3 aromatic heterocycles. The Morgan fingerprint density at radius 3 is 2.81 bits per heavy atom. The Hall–Kier alpha value is -3.77. The zero-order chi connectivity index (χ0) is 21.4. The number of H-pyrrole nitrogens is 1. The molecule has 0 aliphatic heterocycles. The first kappa shape index (κ1) is 19.2. The molecule has 0 saturated carbocycles. The van der Waals surface area contributed by atoms with Gasteiger partial charge in [-0.15, -0.1) is 0 Å². The number of pyridine rings is 2. The van der Waals surface area contributed by atoms with E-state index in [1.807, 2.05) is 55.6 Å². The molecular formula is C24H18ClN5O. The predicted octanol–water partition coefficient (Wildman–Crippen LogP) is 5.36. The number of nitrogens with one attached hydrogen (secondary N) is 2. The number of aromatic amines is 1. The summed E-state index contributed by atoms with van der Waals surface area (Å²) >= 11 is 6.10. The number of anilines is 1. The Kier molecular flexibility index (Phi) is 4.84. The number of aromatic nitrogens is 4. The maximum Gasteiger partial charge on any atom is 0.253 e. The average Bonchev–Trinajstić information content (AvgIpc) is 2.78. The first-order valence-corrected chi connectivity index (χ1v) is 10.2. The van der Waals surface area contributed by atoms with Crippen LogP contribution >= 0.6 is 11.6 Å². The molecule has 0 amide bonds. The summed E-state index contributed by atoms with van der Waals surface area (Å²) in [5, 5.41) is 6.84. The van der Waals surface area contributed by atoms with Crippen molar-refractivity contribution in [2.75, 3.05) is 5.32 Å². The number of rotatable bonds is 4. The van der Waals surface area contributed by atoms with E-state index >= 15 is 0 Å². The summed E-state index contributed by atoms with van der Waals surface area (Å²) in [6.45, 7) is 1.90. The zero-order valence-corrected chi connectivity index (χ0v) is 17.4. The van der Waals surface area contributed by atoms with Crippen LogP contribution in [0.25, 0.3) is 32.9 Å². The van der Waals surface area contributed by atoms with Crippen LogP contribution in [-0.4, -0.2) is 19.9 Å². The van der Waals surface area contributed by atoms with E-state index in [9.17, 15) is 4.79 Å². The van der Waals surface area contributed by atoms with Crippen molar-refractivity contribution in [3.05, 3.63) is 94.1 Å². The standard InChI is InChI=1S/C24H18ClN5O/c1-14(19-11-16-10-17(25)6-7-21(16)29-23(19)31)28-24-27-9-8-22(30-24)20-13-26-12-15-4-2-3-5-18(15)20/h2-14H,1H3,(H,29,31)(H,27,28,30)/t14-/m0/s1. The minimum atomic E-state index is -0.312. The molecule has 0 radical (unpaired) electrons. The van der Waals surface area contributed by atoms with Crippen LogP contribution in [0.15, 0.2) is 78.0 Å². The number of halogens is 1. The second kappa shape index (κ2) is 7.81. The van der Waals surface area contributed by atoms with Gasteiger partial charge in [0, 0.05) is 51.0 Å². The molecule has 0 spiro atoms. The van der Waals surface area contributed by atoms with Crippen molar-refractivity contribution < 1.29 is 0 Å². The van der Waals surface area contributed by atoms with Crippen molar-refractivity contribution >= 4 is 39.2 Å². The Morgan fingerprint density at radius 1 is 1.03 bits per heavy atom. The summed E-state index contributed by atoms with van der Waals surface area (Å²) in [7, 11) is 0. The van der Waals surface area contributed by atoms with E-state index in [1.54, 1.807) is 24.5 Å². The van der Waals surface area contributed by atoms with Crippen LogP contribution in [0.3, 0.4) is 0 Å². The fraction of sp³-hybridized carbons (Fsp3) is 0.0833. The van der Waals surface area contributed by atoms with Gasteiger partial charge in [0.2, 0.25) is 5.95 Å². The van der Waals surface area contributed by atoms with E-state index in [0.717, 1.165) is 32.9 Å². The van der Waals surface area contributed by atoms with E-state index < -0.39 is 0 Å². The van der Waals surface area contributed by atoms with Crippen LogP contribution in [0.2, 0.25) is 5.02 Å². The van der Waals surface area contributed by atoms with Crippen LogP contribution in [0, 0.1) is 0 Å². The summed E-state index contributed by atoms with van der Waals surface area (Å²) in [4.78, 5) is 28.9. The first-order chi connectivity index (χ1) is 15.1. The molecule has 1 atom stereocenters. The predicted molar refractivity (Wildman–Crippen MR) is 124 cm³/mol. The van der Waals surface area contributed by atoms with Gasteiger partial charge in [0.15, 0.2) is 0 Å². The highest BCUT2D eigenvalue weighted by Crippen LogP contribution is 2.27. The molecule has 0 aliphatic rings. The van der Waals surface area contributed by atoms with Gasteiger partial charge < -0.3 is 10.3 Å². The Morgan fingerprint density at radius 2 is 1.90 bits per heavy atom. The van der Waals surface area contributed by atoms with Crippen molar-refractivity contribution in [2.45, 2.75) is 13.0 Å². The summed E-state index contributed by atoms with van der Waals surface area (Å²) in [6, 6.07) is 16.8. The van der Waals surface area contributed by atoms with Gasteiger partial charge in [-0.2, -0.15) is 0 Å². The molecule has 0 fully saturated rings. The molecule has 0 unspecified atom stereocenters. The number of fused-ring (bicyclic) bond motifs is 2. The van der Waals surface area contributed by atoms with Crippen molar-refractivity contribution in [3.8, 4) is 11.3 Å². The number of hydrogen-bond donors (Lipinski definition) is 2. The molecule has 0 saturated heterocycles. The van der Waals surface area contributed by atoms with Crippen LogP contribution in [0.5, 0.6) is 0 Å². The highest BCUT2D eigenvalue weighted by atomic mass is 35.5. The van der Waals surface area contributed by atoms with Crippen molar-refractivity contribution in [2.24, 2.45) is 0 Å². The van der Waals surface area contributed by atoms with Crippen molar-refractivity contribution in [3.63, 3.8) is 0 Å². The lowest BCUT2D eigenvalue weighted by atomic mass is 10.1. The lowest BCUT2D eigenvalue weighted by molar-refractivity contribution is 0.845. The van der Waals surface area contributed by atoms with Crippen LogP contribution in [0.4, 0.5) is 5.95 Å². The third-order valence-electron chi connectivity index (χ3n) is 5.25. The molecule has 5 aromatic rings. The second-order valence-electron chi connectivity index (χ2n) is 7.33. The molecule has 6 nitrogen and oxygen atoms in total. The van der Waals surface area contributed by atoms with Gasteiger partial charge in [-0.25, -0.2) is 9.97 Å². The third-order valence-corrected chi connectivity index (χ3v) is 5.48. The summed E-state index contributed by atoms with van der Waals surface area (Å²) < 4.78 is 0. The molecule has 5 rings (SSSR count). The van der Waals surface area contributed by atoms with Gasteiger partial charge in [-0.1, -0.05) is 35.9 Å². The molecule has 3 heterocycles. The molecular weight excluding hydrogens is 410 g/mol. The van der Waals surface area contributed by atoms with Crippen LogP contribution in [-0.2, 0) is 0 Å². The second-order valence-corrected chi connectivity index (χ2v) is 7.76. The van der Waals surface area contributed by atoms with Gasteiger partial charge in [-0.05, 0) is 42.6 Å². The summed E-state index contributed by atoms with van der Waals surface area (Å²) in [5.41, 5.74) is 2.84. The molecule has 7 heteroatoms. The summed E-state index contributed by atoms with van der Waals surface area (Å²) in [6.07, 6.45) is 5.33. The maximum absolute atomic E-state index is 12.6. The smallest absolute Gasteiger partial charge is 0.253 e. The minimum Gasteiger partial charge on any atom is -0.347 e. The topological polar surface area (TPSA) is 83.6 Å². The van der Waals surface area contributed by atoms with Crippen molar-refractivity contribution in [1.82, 2.24) is 19.9 Å². The highest BCUT2D eigenvalue weighted by molar-refractivity contribution is 6.31. The van der Waals surface area contributed by atoms with E-state index in [-0.39, 0.29) is 11.6 Å². The average molecular weight is 428 g/mol. The fourth-order valence-electron chi connectivity index (χ4n) is 3.69. The molecule has 152 valence electrons. The zero-order valence-electron chi connectivity index (χ0n) is 16.6.